The number of rotatable bonds is 2. The minimum Gasteiger partial charge on any atom is -0.322 e. The molecular weight excluding hydrogens is 255 g/mol. The summed E-state index contributed by atoms with van der Waals surface area (Å²) in [5.74, 6) is -0.533. The van der Waals surface area contributed by atoms with E-state index in [0.717, 1.165) is 31.4 Å². The average molecular weight is 273 g/mol. The van der Waals surface area contributed by atoms with E-state index in [0.29, 0.717) is 0 Å². The number of benzene rings is 1. The molecule has 5 heteroatoms. The highest BCUT2D eigenvalue weighted by Crippen LogP contribution is 2.17. The largest absolute Gasteiger partial charge is 0.322 e. The summed E-state index contributed by atoms with van der Waals surface area (Å²) in [6.07, 6.45) is 2.96. The lowest BCUT2D eigenvalue weighted by molar-refractivity contribution is -0.118. The van der Waals surface area contributed by atoms with Gasteiger partial charge in [-0.1, -0.05) is 12.5 Å². The summed E-state index contributed by atoms with van der Waals surface area (Å²) in [5, 5.41) is 5.78. The zero-order valence-electron chi connectivity index (χ0n) is 10.3. The van der Waals surface area contributed by atoms with Gasteiger partial charge in [-0.05, 0) is 44.0 Å². The number of hydrogen-bond donors (Lipinski definition) is 2. The number of hydrogen-bond acceptors (Lipinski definition) is 2. The second-order valence-electron chi connectivity index (χ2n) is 4.48. The molecule has 2 N–H and O–H groups in total. The van der Waals surface area contributed by atoms with Gasteiger partial charge in [-0.2, -0.15) is 0 Å². The third-order valence-corrected chi connectivity index (χ3v) is 3.01. The number of carbonyl (C=O) groups is 1. The molecule has 0 bridgehead atoms. The quantitative estimate of drug-likeness (QED) is 0.869. The molecule has 1 aliphatic heterocycles. The number of amides is 1. The zero-order chi connectivity index (χ0) is 12.3. The first-order chi connectivity index (χ1) is 8.16. The lowest BCUT2D eigenvalue weighted by Crippen LogP contribution is -2.43. The average Bonchev–Trinajstić information content (AvgIpc) is 2.35. The summed E-state index contributed by atoms with van der Waals surface area (Å²) in [7, 11) is 0. The van der Waals surface area contributed by atoms with Crippen molar-refractivity contribution in [2.24, 2.45) is 0 Å². The first kappa shape index (κ1) is 14.9. The molecule has 1 aliphatic rings. The van der Waals surface area contributed by atoms with Crippen molar-refractivity contribution in [1.29, 1.82) is 0 Å². The molecule has 2 rings (SSSR count). The van der Waals surface area contributed by atoms with E-state index in [-0.39, 0.29) is 35.9 Å². The fourth-order valence-electron chi connectivity index (χ4n) is 2.03. The van der Waals surface area contributed by atoms with Crippen LogP contribution in [0, 0.1) is 12.7 Å². The summed E-state index contributed by atoms with van der Waals surface area (Å²) in [6.45, 7) is 2.72. The molecule has 1 aromatic carbocycles. The zero-order valence-corrected chi connectivity index (χ0v) is 11.1. The molecule has 18 heavy (non-hydrogen) atoms. The van der Waals surface area contributed by atoms with E-state index >= 15 is 0 Å². The standard InChI is InChI=1S/C13H17FN2O.ClH/c1-9-5-6-10(14)12(8-9)16-13(17)11-4-2-3-7-15-11;/h5-6,8,11,15H,2-4,7H2,1H3,(H,16,17);1H. The molecule has 0 spiro atoms. The van der Waals surface area contributed by atoms with Crippen molar-refractivity contribution in [3.8, 4) is 0 Å². The van der Waals surface area contributed by atoms with Crippen LogP contribution >= 0.6 is 12.4 Å². The van der Waals surface area contributed by atoms with Crippen molar-refractivity contribution < 1.29 is 9.18 Å². The van der Waals surface area contributed by atoms with Crippen LogP contribution in [0.5, 0.6) is 0 Å². The van der Waals surface area contributed by atoms with Gasteiger partial charge < -0.3 is 10.6 Å². The number of carbonyl (C=O) groups excluding carboxylic acids is 1. The highest BCUT2D eigenvalue weighted by Gasteiger charge is 2.21. The van der Waals surface area contributed by atoms with Crippen LogP contribution in [0.2, 0.25) is 0 Å². The van der Waals surface area contributed by atoms with Crippen molar-refractivity contribution in [3.63, 3.8) is 0 Å². The molecule has 1 unspecified atom stereocenters. The Morgan fingerprint density at radius 2 is 2.22 bits per heavy atom. The summed E-state index contributed by atoms with van der Waals surface area (Å²) in [4.78, 5) is 11.9. The summed E-state index contributed by atoms with van der Waals surface area (Å²) in [6, 6.07) is 4.52. The third-order valence-electron chi connectivity index (χ3n) is 3.01. The van der Waals surface area contributed by atoms with Gasteiger partial charge in [0.25, 0.3) is 0 Å². The molecule has 0 radical (unpaired) electrons. The molecule has 1 aromatic rings. The van der Waals surface area contributed by atoms with Crippen LogP contribution in [0.3, 0.4) is 0 Å². The summed E-state index contributed by atoms with van der Waals surface area (Å²) >= 11 is 0. The predicted octanol–water partition coefficient (Wildman–Crippen LogP) is 2.64. The van der Waals surface area contributed by atoms with E-state index in [9.17, 15) is 9.18 Å². The molecule has 1 fully saturated rings. The van der Waals surface area contributed by atoms with Gasteiger partial charge in [0.2, 0.25) is 5.91 Å². The van der Waals surface area contributed by atoms with Gasteiger partial charge in [-0.15, -0.1) is 12.4 Å². The van der Waals surface area contributed by atoms with Crippen molar-refractivity contribution in [1.82, 2.24) is 5.32 Å². The number of halogens is 2. The predicted molar refractivity (Wildman–Crippen MR) is 72.7 cm³/mol. The summed E-state index contributed by atoms with van der Waals surface area (Å²) in [5.41, 5.74) is 1.20. The highest BCUT2D eigenvalue weighted by molar-refractivity contribution is 5.95. The van der Waals surface area contributed by atoms with Crippen LogP contribution in [0.15, 0.2) is 18.2 Å². The molecule has 0 aliphatic carbocycles. The van der Waals surface area contributed by atoms with E-state index in [1.54, 1.807) is 12.1 Å². The Labute approximate surface area is 113 Å². The van der Waals surface area contributed by atoms with Crippen LogP contribution in [-0.4, -0.2) is 18.5 Å². The molecule has 1 amide bonds. The topological polar surface area (TPSA) is 41.1 Å². The maximum atomic E-state index is 13.5. The molecule has 1 saturated heterocycles. The monoisotopic (exact) mass is 272 g/mol. The Morgan fingerprint density at radius 1 is 1.44 bits per heavy atom. The molecule has 1 heterocycles. The molecule has 0 saturated carbocycles. The highest BCUT2D eigenvalue weighted by atomic mass is 35.5. The molecule has 3 nitrogen and oxygen atoms in total. The summed E-state index contributed by atoms with van der Waals surface area (Å²) < 4.78 is 13.5. The van der Waals surface area contributed by atoms with Crippen LogP contribution in [0.25, 0.3) is 0 Å². The second-order valence-corrected chi connectivity index (χ2v) is 4.48. The Balaban J connectivity index is 0.00000162. The first-order valence-electron chi connectivity index (χ1n) is 5.97. The van der Waals surface area contributed by atoms with Crippen molar-refractivity contribution in [2.45, 2.75) is 32.2 Å². The lowest BCUT2D eigenvalue weighted by Gasteiger charge is -2.22. The van der Waals surface area contributed by atoms with Gasteiger partial charge in [-0.3, -0.25) is 4.79 Å². The number of anilines is 1. The lowest BCUT2D eigenvalue weighted by atomic mass is 10.0. The number of nitrogens with one attached hydrogen (secondary N) is 2. The number of piperidine rings is 1. The number of aryl methyl sites for hydroxylation is 1. The maximum Gasteiger partial charge on any atom is 0.241 e. The minimum atomic E-state index is -0.389. The van der Waals surface area contributed by atoms with Gasteiger partial charge in [0.15, 0.2) is 0 Å². The van der Waals surface area contributed by atoms with Gasteiger partial charge >= 0.3 is 0 Å². The van der Waals surface area contributed by atoms with E-state index in [1.165, 1.54) is 6.07 Å². The fraction of sp³-hybridized carbons (Fsp3) is 0.462. The molecule has 100 valence electrons. The third kappa shape index (κ3) is 3.68. The maximum absolute atomic E-state index is 13.5. The fourth-order valence-corrected chi connectivity index (χ4v) is 2.03. The molecular formula is C13H18ClFN2O. The van der Waals surface area contributed by atoms with E-state index in [2.05, 4.69) is 10.6 Å². The Morgan fingerprint density at radius 3 is 2.89 bits per heavy atom. The first-order valence-corrected chi connectivity index (χ1v) is 5.97. The Bertz CT molecular complexity index is 419. The van der Waals surface area contributed by atoms with Gasteiger partial charge in [-0.25, -0.2) is 4.39 Å². The van der Waals surface area contributed by atoms with Gasteiger partial charge in [0, 0.05) is 0 Å². The van der Waals surface area contributed by atoms with Crippen molar-refractivity contribution >= 4 is 24.0 Å². The van der Waals surface area contributed by atoms with E-state index in [4.69, 9.17) is 0 Å². The van der Waals surface area contributed by atoms with Crippen LogP contribution in [0.4, 0.5) is 10.1 Å². The SMILES string of the molecule is Cc1ccc(F)c(NC(=O)C2CCCCN2)c1.Cl. The second kappa shape index (κ2) is 6.71. The minimum absolute atomic E-state index is 0. The molecule has 0 aromatic heterocycles. The van der Waals surface area contributed by atoms with E-state index < -0.39 is 0 Å². The van der Waals surface area contributed by atoms with E-state index in [1.807, 2.05) is 6.92 Å². The van der Waals surface area contributed by atoms with Crippen LogP contribution in [-0.2, 0) is 4.79 Å². The molecule has 1 atom stereocenters. The van der Waals surface area contributed by atoms with Gasteiger partial charge in [0.1, 0.15) is 5.82 Å². The Kier molecular flexibility index (Phi) is 5.56. The smallest absolute Gasteiger partial charge is 0.241 e. The van der Waals surface area contributed by atoms with Crippen molar-refractivity contribution in [2.75, 3.05) is 11.9 Å². The van der Waals surface area contributed by atoms with Crippen LogP contribution < -0.4 is 10.6 Å². The van der Waals surface area contributed by atoms with Crippen LogP contribution in [0.1, 0.15) is 24.8 Å². The van der Waals surface area contributed by atoms with Crippen molar-refractivity contribution in [3.05, 3.63) is 29.6 Å². The van der Waals surface area contributed by atoms with Gasteiger partial charge in [0.05, 0.1) is 11.7 Å². The normalized spacial score (nSPS) is 18.9. The Hall–Kier alpha value is -1.13.